The minimum Gasteiger partial charge on any atom is -0.374 e. The van der Waals surface area contributed by atoms with Gasteiger partial charge in [-0.05, 0) is 43.4 Å². The van der Waals surface area contributed by atoms with Crippen molar-refractivity contribution in [2.45, 2.75) is 65.1 Å². The summed E-state index contributed by atoms with van der Waals surface area (Å²) in [6, 6.07) is 7.93. The van der Waals surface area contributed by atoms with Gasteiger partial charge >= 0.3 is 0 Å². The second kappa shape index (κ2) is 10.0. The van der Waals surface area contributed by atoms with Crippen LogP contribution in [0, 0.1) is 5.41 Å². The number of halogens is 1. The molecule has 136 valence electrons. The second-order valence-corrected chi connectivity index (χ2v) is 6.56. The molecule has 0 saturated heterocycles. The van der Waals surface area contributed by atoms with Gasteiger partial charge in [0, 0.05) is 12.2 Å². The molecule has 1 fully saturated rings. The lowest BCUT2D eigenvalue weighted by atomic mass is 9.81. The maximum atomic E-state index is 12.5. The third-order valence-electron chi connectivity index (χ3n) is 5.23. The molecule has 5 heteroatoms. The molecule has 3 N–H and O–H groups in total. The van der Waals surface area contributed by atoms with Gasteiger partial charge in [0.15, 0.2) is 0 Å². The molecule has 1 aliphatic rings. The van der Waals surface area contributed by atoms with Gasteiger partial charge in [0.05, 0.1) is 18.1 Å². The molecule has 0 radical (unpaired) electrons. The molecular formula is C19H31ClN2O2. The number of hydrogen-bond acceptors (Lipinski definition) is 3. The number of nitrogens with one attached hydrogen (secondary N) is 1. The predicted molar refractivity (Wildman–Crippen MR) is 101 cm³/mol. The minimum atomic E-state index is -0.468. The Morgan fingerprint density at radius 3 is 2.29 bits per heavy atom. The highest BCUT2D eigenvalue weighted by Crippen LogP contribution is 2.27. The van der Waals surface area contributed by atoms with Crippen molar-refractivity contribution in [1.29, 1.82) is 0 Å². The maximum Gasteiger partial charge on any atom is 0.231 e. The third kappa shape index (κ3) is 5.20. The topological polar surface area (TPSA) is 64.4 Å². The van der Waals surface area contributed by atoms with Gasteiger partial charge in [0.25, 0.3) is 0 Å². The van der Waals surface area contributed by atoms with Crippen molar-refractivity contribution in [3.63, 3.8) is 0 Å². The number of amides is 1. The van der Waals surface area contributed by atoms with Gasteiger partial charge < -0.3 is 15.8 Å². The van der Waals surface area contributed by atoms with E-state index in [4.69, 9.17) is 10.5 Å². The summed E-state index contributed by atoms with van der Waals surface area (Å²) in [6.45, 7) is 5.05. The Kier molecular flexibility index (Phi) is 8.74. The Balaban J connectivity index is 0.00000288. The first-order valence-corrected chi connectivity index (χ1v) is 8.85. The molecule has 0 aromatic heterocycles. The van der Waals surface area contributed by atoms with E-state index < -0.39 is 5.41 Å². The normalized spacial score (nSPS) is 15.1. The summed E-state index contributed by atoms with van der Waals surface area (Å²) in [7, 11) is 0. The number of rotatable bonds is 8. The van der Waals surface area contributed by atoms with Crippen LogP contribution in [-0.4, -0.2) is 18.6 Å². The summed E-state index contributed by atoms with van der Waals surface area (Å²) in [5, 5.41) is 3.00. The Morgan fingerprint density at radius 2 is 1.79 bits per heavy atom. The number of anilines is 1. The van der Waals surface area contributed by atoms with Crippen molar-refractivity contribution in [1.82, 2.24) is 0 Å². The van der Waals surface area contributed by atoms with E-state index in [2.05, 4.69) is 5.32 Å². The third-order valence-corrected chi connectivity index (χ3v) is 5.23. The van der Waals surface area contributed by atoms with Crippen molar-refractivity contribution in [3.8, 4) is 0 Å². The molecule has 2 rings (SSSR count). The van der Waals surface area contributed by atoms with Crippen molar-refractivity contribution < 1.29 is 9.53 Å². The van der Waals surface area contributed by atoms with Gasteiger partial charge in [0.2, 0.25) is 5.91 Å². The lowest BCUT2D eigenvalue weighted by molar-refractivity contribution is -0.125. The number of ether oxygens (including phenoxy) is 1. The van der Waals surface area contributed by atoms with Crippen molar-refractivity contribution in [2.24, 2.45) is 11.1 Å². The first-order valence-electron chi connectivity index (χ1n) is 8.85. The van der Waals surface area contributed by atoms with Crippen LogP contribution in [-0.2, 0) is 16.1 Å². The molecule has 1 saturated carbocycles. The molecule has 1 aromatic carbocycles. The maximum absolute atomic E-state index is 12.5. The molecular weight excluding hydrogens is 324 g/mol. The average molecular weight is 355 g/mol. The van der Waals surface area contributed by atoms with E-state index in [1.165, 1.54) is 25.7 Å². The lowest BCUT2D eigenvalue weighted by Gasteiger charge is -2.28. The largest absolute Gasteiger partial charge is 0.374 e. The van der Waals surface area contributed by atoms with Crippen LogP contribution in [0.1, 0.15) is 57.9 Å². The minimum absolute atomic E-state index is 0. The number of carbonyl (C=O) groups is 1. The Labute approximate surface area is 151 Å². The molecule has 0 heterocycles. The Morgan fingerprint density at radius 1 is 1.21 bits per heavy atom. The smallest absolute Gasteiger partial charge is 0.231 e. The predicted octanol–water partition coefficient (Wildman–Crippen LogP) is 4.27. The summed E-state index contributed by atoms with van der Waals surface area (Å²) < 4.78 is 5.91. The van der Waals surface area contributed by atoms with Gasteiger partial charge in [-0.2, -0.15) is 0 Å². The molecule has 0 unspecified atom stereocenters. The van der Waals surface area contributed by atoms with Crippen molar-refractivity contribution >= 4 is 24.0 Å². The Hall–Kier alpha value is -1.10. The number of benzene rings is 1. The molecule has 1 aromatic rings. The van der Waals surface area contributed by atoms with E-state index in [0.29, 0.717) is 19.3 Å². The van der Waals surface area contributed by atoms with Crippen molar-refractivity contribution in [2.75, 3.05) is 11.9 Å². The van der Waals surface area contributed by atoms with E-state index in [1.807, 2.05) is 38.1 Å². The monoisotopic (exact) mass is 354 g/mol. The molecule has 24 heavy (non-hydrogen) atoms. The molecule has 1 aliphatic carbocycles. The molecule has 0 aliphatic heterocycles. The zero-order chi connectivity index (χ0) is 16.7. The van der Waals surface area contributed by atoms with Crippen LogP contribution in [0.5, 0.6) is 0 Å². The van der Waals surface area contributed by atoms with E-state index in [-0.39, 0.29) is 18.3 Å². The summed E-state index contributed by atoms with van der Waals surface area (Å²) in [5.41, 5.74) is 7.32. The number of nitrogens with two attached hydrogens (primary N) is 1. The van der Waals surface area contributed by atoms with Crippen molar-refractivity contribution in [3.05, 3.63) is 29.8 Å². The number of hydrogen-bond donors (Lipinski definition) is 2. The van der Waals surface area contributed by atoms with E-state index in [1.54, 1.807) is 0 Å². The molecule has 0 atom stereocenters. The van der Waals surface area contributed by atoms with Gasteiger partial charge in [-0.15, -0.1) is 12.4 Å². The van der Waals surface area contributed by atoms with Crippen LogP contribution in [0.4, 0.5) is 5.69 Å². The molecule has 4 nitrogen and oxygen atoms in total. The molecule has 1 amide bonds. The quantitative estimate of drug-likeness (QED) is 0.732. The first kappa shape index (κ1) is 20.9. The van der Waals surface area contributed by atoms with Crippen LogP contribution < -0.4 is 11.1 Å². The summed E-state index contributed by atoms with van der Waals surface area (Å²) >= 11 is 0. The van der Waals surface area contributed by atoms with Crippen LogP contribution in [0.3, 0.4) is 0 Å². The van der Waals surface area contributed by atoms with Gasteiger partial charge in [0.1, 0.15) is 0 Å². The zero-order valence-electron chi connectivity index (χ0n) is 14.8. The standard InChI is InChI=1S/C19H30N2O2.ClH/c1-3-19(4-2,14-20)18(22)21-16-11-9-15(10-12-16)13-23-17-7-5-6-8-17;/h9-12,17H,3-8,13-14,20H2,1-2H3,(H,21,22);1H. The van der Waals surface area contributed by atoms with Crippen LogP contribution >= 0.6 is 12.4 Å². The fourth-order valence-electron chi connectivity index (χ4n) is 3.17. The molecule has 0 bridgehead atoms. The summed E-state index contributed by atoms with van der Waals surface area (Å²) in [6.07, 6.45) is 6.86. The second-order valence-electron chi connectivity index (χ2n) is 6.56. The molecule has 0 spiro atoms. The average Bonchev–Trinajstić information content (AvgIpc) is 3.10. The van der Waals surface area contributed by atoms with Gasteiger partial charge in [-0.1, -0.05) is 38.8 Å². The van der Waals surface area contributed by atoms with Crippen LogP contribution in [0.15, 0.2) is 24.3 Å². The fraction of sp³-hybridized carbons (Fsp3) is 0.632. The Bertz CT molecular complexity index is 486. The van der Waals surface area contributed by atoms with E-state index >= 15 is 0 Å². The highest BCUT2D eigenvalue weighted by atomic mass is 35.5. The lowest BCUT2D eigenvalue weighted by Crippen LogP contribution is -2.41. The van der Waals surface area contributed by atoms with Crippen LogP contribution in [0.2, 0.25) is 0 Å². The summed E-state index contributed by atoms with van der Waals surface area (Å²) in [4.78, 5) is 12.5. The zero-order valence-corrected chi connectivity index (χ0v) is 15.7. The van der Waals surface area contributed by atoms with Crippen LogP contribution in [0.25, 0.3) is 0 Å². The summed E-state index contributed by atoms with van der Waals surface area (Å²) in [5.74, 6) is 0.0138. The SMILES string of the molecule is CCC(CC)(CN)C(=O)Nc1ccc(COC2CCCC2)cc1.Cl. The van der Waals surface area contributed by atoms with E-state index in [9.17, 15) is 4.79 Å². The van der Waals surface area contributed by atoms with Gasteiger partial charge in [-0.25, -0.2) is 0 Å². The first-order chi connectivity index (χ1) is 11.1. The highest BCUT2D eigenvalue weighted by Gasteiger charge is 2.33. The number of carbonyl (C=O) groups excluding carboxylic acids is 1. The fourth-order valence-corrected chi connectivity index (χ4v) is 3.17. The van der Waals surface area contributed by atoms with Gasteiger partial charge in [-0.3, -0.25) is 4.79 Å². The van der Waals surface area contributed by atoms with E-state index in [0.717, 1.165) is 24.1 Å². The highest BCUT2D eigenvalue weighted by molar-refractivity contribution is 5.95.